The number of methoxy groups -OCH3 is 1. The molecule has 1 aliphatic rings. The second-order valence-corrected chi connectivity index (χ2v) is 8.36. The largest absolute Gasteiger partial charge is 0.497 e. The molecule has 1 aliphatic heterocycles. The van der Waals surface area contributed by atoms with Crippen molar-refractivity contribution >= 4 is 23.2 Å². The van der Waals surface area contributed by atoms with Crippen LogP contribution in [0.4, 0.5) is 0 Å². The molecule has 31 heavy (non-hydrogen) atoms. The quantitative estimate of drug-likeness (QED) is 0.624. The first-order valence-electron chi connectivity index (χ1n) is 10.4. The Morgan fingerprint density at radius 3 is 2.61 bits per heavy atom. The second-order valence-electron chi connectivity index (χ2n) is 7.50. The molecule has 0 saturated carbocycles. The van der Waals surface area contributed by atoms with Crippen molar-refractivity contribution in [1.29, 1.82) is 0 Å². The van der Waals surface area contributed by atoms with E-state index in [4.69, 9.17) is 4.74 Å². The lowest BCUT2D eigenvalue weighted by atomic mass is 10.1. The molecule has 1 saturated heterocycles. The van der Waals surface area contributed by atoms with E-state index in [1.807, 2.05) is 53.4 Å². The summed E-state index contributed by atoms with van der Waals surface area (Å²) in [5.41, 5.74) is 2.89. The molecule has 0 bridgehead atoms. The van der Waals surface area contributed by atoms with E-state index in [0.717, 1.165) is 47.8 Å². The van der Waals surface area contributed by atoms with Gasteiger partial charge in [-0.2, -0.15) is 0 Å². The molecular formula is C24H25N3O3S. The van der Waals surface area contributed by atoms with Gasteiger partial charge >= 0.3 is 0 Å². The van der Waals surface area contributed by atoms with E-state index in [9.17, 15) is 9.59 Å². The van der Waals surface area contributed by atoms with E-state index < -0.39 is 0 Å². The Morgan fingerprint density at radius 2 is 1.87 bits per heavy atom. The highest BCUT2D eigenvalue weighted by Crippen LogP contribution is 2.25. The molecule has 7 heteroatoms. The number of hydrogen-bond donors (Lipinski definition) is 1. The molecule has 0 atom stereocenters. The van der Waals surface area contributed by atoms with E-state index in [1.54, 1.807) is 12.5 Å². The zero-order valence-corrected chi connectivity index (χ0v) is 18.3. The highest BCUT2D eigenvalue weighted by Gasteiger charge is 2.18. The molecule has 160 valence electrons. The van der Waals surface area contributed by atoms with Crippen LogP contribution in [0.1, 0.15) is 45.7 Å². The van der Waals surface area contributed by atoms with Crippen molar-refractivity contribution in [2.24, 2.45) is 0 Å². The topological polar surface area (TPSA) is 71.5 Å². The fourth-order valence-corrected chi connectivity index (χ4v) is 4.42. The predicted octanol–water partition coefficient (Wildman–Crippen LogP) is 4.37. The van der Waals surface area contributed by atoms with E-state index in [-0.39, 0.29) is 11.8 Å². The molecule has 2 amide bonds. The number of thiazole rings is 1. The number of hydrogen-bond acceptors (Lipinski definition) is 5. The highest BCUT2D eigenvalue weighted by molar-refractivity contribution is 7.13. The van der Waals surface area contributed by atoms with Crippen LogP contribution in [0.2, 0.25) is 0 Å². The Morgan fingerprint density at radius 1 is 1.10 bits per heavy atom. The van der Waals surface area contributed by atoms with Crippen LogP contribution in [0.25, 0.3) is 10.6 Å². The van der Waals surface area contributed by atoms with Crippen molar-refractivity contribution in [1.82, 2.24) is 15.2 Å². The Labute approximate surface area is 185 Å². The molecule has 2 heterocycles. The van der Waals surface area contributed by atoms with Crippen LogP contribution < -0.4 is 10.1 Å². The van der Waals surface area contributed by atoms with Gasteiger partial charge < -0.3 is 15.0 Å². The van der Waals surface area contributed by atoms with Gasteiger partial charge in [-0.3, -0.25) is 9.59 Å². The molecule has 0 aliphatic carbocycles. The lowest BCUT2D eigenvalue weighted by molar-refractivity contribution is 0.0724. The zero-order chi connectivity index (χ0) is 21.6. The molecule has 1 fully saturated rings. The number of ether oxygens (including phenoxy) is 1. The van der Waals surface area contributed by atoms with Crippen molar-refractivity contribution in [2.75, 3.05) is 20.2 Å². The Balaban J connectivity index is 1.37. The van der Waals surface area contributed by atoms with Gasteiger partial charge in [0.15, 0.2) is 0 Å². The first-order valence-corrected chi connectivity index (χ1v) is 11.3. The average Bonchev–Trinajstić information content (AvgIpc) is 3.33. The summed E-state index contributed by atoms with van der Waals surface area (Å²) in [6.07, 6.45) is 3.31. The average molecular weight is 436 g/mol. The Hall–Kier alpha value is -3.19. The van der Waals surface area contributed by atoms with Gasteiger partial charge in [-0.05, 0) is 61.2 Å². The van der Waals surface area contributed by atoms with Gasteiger partial charge in [0.1, 0.15) is 16.5 Å². The third kappa shape index (κ3) is 5.11. The van der Waals surface area contributed by atoms with Gasteiger partial charge in [0.05, 0.1) is 7.11 Å². The monoisotopic (exact) mass is 435 g/mol. The number of nitrogens with zero attached hydrogens (tertiary/aromatic N) is 2. The number of nitrogens with one attached hydrogen (secondary N) is 1. The fraction of sp³-hybridized carbons (Fsp3) is 0.292. The summed E-state index contributed by atoms with van der Waals surface area (Å²) in [5, 5.41) is 5.44. The molecule has 0 radical (unpaired) electrons. The van der Waals surface area contributed by atoms with E-state index in [2.05, 4.69) is 10.3 Å². The van der Waals surface area contributed by atoms with Crippen LogP contribution in [0.3, 0.4) is 0 Å². The lowest BCUT2D eigenvalue weighted by Crippen LogP contribution is -2.35. The number of aromatic nitrogens is 1. The fourth-order valence-electron chi connectivity index (χ4n) is 3.61. The molecular weight excluding hydrogens is 410 g/mol. The number of carbonyl (C=O) groups excluding carboxylic acids is 2. The van der Waals surface area contributed by atoms with Gasteiger partial charge in [-0.25, -0.2) is 4.98 Å². The summed E-state index contributed by atoms with van der Waals surface area (Å²) < 4.78 is 5.18. The Kier molecular flexibility index (Phi) is 6.62. The minimum absolute atomic E-state index is 0.0662. The summed E-state index contributed by atoms with van der Waals surface area (Å²) in [7, 11) is 1.63. The molecule has 1 aromatic heterocycles. The SMILES string of the molecule is COc1ccc(-c2nc(C(=O)NCc3cccc(C(=O)N4CCCCC4)c3)cs2)cc1. The van der Waals surface area contributed by atoms with Crippen LogP contribution >= 0.6 is 11.3 Å². The number of likely N-dealkylation sites (tertiary alicyclic amines) is 1. The van der Waals surface area contributed by atoms with E-state index in [1.165, 1.54) is 17.8 Å². The first-order chi connectivity index (χ1) is 15.1. The van der Waals surface area contributed by atoms with Crippen molar-refractivity contribution in [3.05, 3.63) is 70.7 Å². The van der Waals surface area contributed by atoms with Crippen LogP contribution in [0.15, 0.2) is 53.9 Å². The maximum absolute atomic E-state index is 12.7. The number of amides is 2. The van der Waals surface area contributed by atoms with Crippen molar-refractivity contribution < 1.29 is 14.3 Å². The predicted molar refractivity (Wildman–Crippen MR) is 121 cm³/mol. The smallest absolute Gasteiger partial charge is 0.271 e. The van der Waals surface area contributed by atoms with E-state index >= 15 is 0 Å². The summed E-state index contributed by atoms with van der Waals surface area (Å²) in [6.45, 7) is 1.98. The molecule has 0 spiro atoms. The van der Waals surface area contributed by atoms with E-state index in [0.29, 0.717) is 17.8 Å². The molecule has 2 aromatic carbocycles. The van der Waals surface area contributed by atoms with Gasteiger partial charge in [-0.1, -0.05) is 12.1 Å². The second kappa shape index (κ2) is 9.75. The van der Waals surface area contributed by atoms with Crippen LogP contribution in [-0.2, 0) is 6.54 Å². The third-order valence-electron chi connectivity index (χ3n) is 5.34. The normalized spacial score (nSPS) is 13.6. The Bertz CT molecular complexity index is 1060. The minimum Gasteiger partial charge on any atom is -0.497 e. The van der Waals surface area contributed by atoms with Crippen molar-refractivity contribution in [2.45, 2.75) is 25.8 Å². The summed E-state index contributed by atoms with van der Waals surface area (Å²) >= 11 is 1.43. The lowest BCUT2D eigenvalue weighted by Gasteiger charge is -2.26. The van der Waals surface area contributed by atoms with Crippen molar-refractivity contribution in [3.8, 4) is 16.3 Å². The molecule has 4 rings (SSSR count). The van der Waals surface area contributed by atoms with Gasteiger partial charge in [0.2, 0.25) is 0 Å². The highest BCUT2D eigenvalue weighted by atomic mass is 32.1. The van der Waals surface area contributed by atoms with Crippen molar-refractivity contribution in [3.63, 3.8) is 0 Å². The molecule has 3 aromatic rings. The summed E-state index contributed by atoms with van der Waals surface area (Å²) in [6, 6.07) is 15.1. The van der Waals surface area contributed by atoms with Crippen LogP contribution in [0, 0.1) is 0 Å². The van der Waals surface area contributed by atoms with Gasteiger partial charge in [0, 0.05) is 36.1 Å². The summed E-state index contributed by atoms with van der Waals surface area (Å²) in [5.74, 6) is 0.611. The number of benzene rings is 2. The number of carbonyl (C=O) groups is 2. The van der Waals surface area contributed by atoms with Crippen LogP contribution in [-0.4, -0.2) is 41.9 Å². The molecule has 1 N–H and O–H groups in total. The maximum Gasteiger partial charge on any atom is 0.271 e. The standard InChI is InChI=1S/C24H25N3O3S/c1-30-20-10-8-18(9-11-20)23-26-21(16-31-23)22(28)25-15-17-6-5-7-19(14-17)24(29)27-12-3-2-4-13-27/h5-11,14,16H,2-4,12-13,15H2,1H3,(H,25,28). The number of rotatable bonds is 6. The maximum atomic E-state index is 12.7. The third-order valence-corrected chi connectivity index (χ3v) is 6.24. The first kappa shape index (κ1) is 21.1. The minimum atomic E-state index is -0.233. The number of piperidine rings is 1. The molecule has 6 nitrogen and oxygen atoms in total. The zero-order valence-electron chi connectivity index (χ0n) is 17.5. The van der Waals surface area contributed by atoms with Gasteiger partial charge in [-0.15, -0.1) is 11.3 Å². The van der Waals surface area contributed by atoms with Gasteiger partial charge in [0.25, 0.3) is 11.8 Å². The summed E-state index contributed by atoms with van der Waals surface area (Å²) in [4.78, 5) is 31.7. The molecule has 0 unspecified atom stereocenters. The van der Waals surface area contributed by atoms with Crippen LogP contribution in [0.5, 0.6) is 5.75 Å².